The van der Waals surface area contributed by atoms with E-state index in [1.807, 2.05) is 0 Å². The van der Waals surface area contributed by atoms with Crippen molar-refractivity contribution in [3.05, 3.63) is 23.3 Å². The average molecular weight is 387 g/mol. The first-order valence-corrected chi connectivity index (χ1v) is 11.6. The largest absolute Gasteiger partial charge is 0.392 e. The van der Waals surface area contributed by atoms with Gasteiger partial charge in [0.05, 0.1) is 6.10 Å². The number of aliphatic hydroxyl groups is 1. The molecule has 4 rings (SSSR count). The minimum atomic E-state index is -0.187. The van der Waals surface area contributed by atoms with Gasteiger partial charge in [-0.2, -0.15) is 0 Å². The van der Waals surface area contributed by atoms with E-state index in [0.717, 1.165) is 19.3 Å². The molecule has 0 amide bonds. The molecule has 0 bridgehead atoms. The van der Waals surface area contributed by atoms with Crippen LogP contribution < -0.4 is 0 Å². The predicted molar refractivity (Wildman–Crippen MR) is 117 cm³/mol. The standard InChI is InChI=1S/C13H22O.C13H20O/c2*1-12(2)10-6-4-5-8-13(10,3)9-7-11(12)14/h6,11,14H,4-5,7-9H2,1-3H3;6H,4-5,7-9H2,1-3H3/t11-,13-;13-/m00/s1. The van der Waals surface area contributed by atoms with Gasteiger partial charge in [0, 0.05) is 17.3 Å². The van der Waals surface area contributed by atoms with E-state index in [4.69, 9.17) is 0 Å². The SMILES string of the molecule is CC1(C)C(=O)CC[C@]2(C)CCCC=C12.CC1(C)C2=CCCC[C@@]2(C)CC[C@@H]1O. The van der Waals surface area contributed by atoms with E-state index in [2.05, 4.69) is 53.7 Å². The Kier molecular flexibility index (Phi) is 5.78. The number of carbonyl (C=O) groups excluding carboxylic acids is 1. The molecule has 0 spiro atoms. The lowest BCUT2D eigenvalue weighted by molar-refractivity contribution is -0.128. The van der Waals surface area contributed by atoms with Gasteiger partial charge in [0.2, 0.25) is 0 Å². The quantitative estimate of drug-likeness (QED) is 0.466. The lowest BCUT2D eigenvalue weighted by Crippen LogP contribution is -2.44. The van der Waals surface area contributed by atoms with Crippen LogP contribution in [0.2, 0.25) is 0 Å². The van der Waals surface area contributed by atoms with Gasteiger partial charge < -0.3 is 5.11 Å². The molecule has 2 nitrogen and oxygen atoms in total. The van der Waals surface area contributed by atoms with Crippen LogP contribution in [0.25, 0.3) is 0 Å². The predicted octanol–water partition coefficient (Wildman–Crippen LogP) is 6.78. The molecule has 0 saturated heterocycles. The summed E-state index contributed by atoms with van der Waals surface area (Å²) < 4.78 is 0. The summed E-state index contributed by atoms with van der Waals surface area (Å²) in [6.45, 7) is 13.3. The van der Waals surface area contributed by atoms with Crippen molar-refractivity contribution >= 4 is 5.78 Å². The first-order valence-electron chi connectivity index (χ1n) is 11.6. The van der Waals surface area contributed by atoms with E-state index < -0.39 is 0 Å². The molecule has 0 aromatic carbocycles. The van der Waals surface area contributed by atoms with Crippen LogP contribution in [0.1, 0.15) is 106 Å². The van der Waals surface area contributed by atoms with Crippen molar-refractivity contribution in [2.45, 2.75) is 112 Å². The van der Waals surface area contributed by atoms with Crippen molar-refractivity contribution < 1.29 is 9.90 Å². The van der Waals surface area contributed by atoms with Crippen LogP contribution in [0.15, 0.2) is 23.3 Å². The van der Waals surface area contributed by atoms with E-state index in [9.17, 15) is 9.90 Å². The minimum Gasteiger partial charge on any atom is -0.392 e. The Balaban J connectivity index is 0.000000161. The van der Waals surface area contributed by atoms with Gasteiger partial charge in [0.1, 0.15) is 5.78 Å². The number of fused-ring (bicyclic) bond motifs is 2. The Morgan fingerprint density at radius 1 is 0.821 bits per heavy atom. The number of rotatable bonds is 0. The fourth-order valence-electron chi connectivity index (χ4n) is 6.66. The molecule has 2 fully saturated rings. The zero-order valence-corrected chi connectivity index (χ0v) is 19.2. The van der Waals surface area contributed by atoms with Gasteiger partial charge in [-0.3, -0.25) is 4.79 Å². The average Bonchev–Trinajstić information content (AvgIpc) is 2.63. The Morgan fingerprint density at radius 2 is 1.36 bits per heavy atom. The summed E-state index contributed by atoms with van der Waals surface area (Å²) in [5.41, 5.74) is 3.49. The van der Waals surface area contributed by atoms with Gasteiger partial charge >= 0.3 is 0 Å². The highest BCUT2D eigenvalue weighted by Crippen LogP contribution is 2.55. The molecular formula is C26H42O2. The van der Waals surface area contributed by atoms with Crippen LogP contribution in [-0.4, -0.2) is 17.0 Å². The third-order valence-electron chi connectivity index (χ3n) is 8.63. The molecule has 0 aromatic rings. The van der Waals surface area contributed by atoms with Crippen LogP contribution in [0.3, 0.4) is 0 Å². The van der Waals surface area contributed by atoms with E-state index in [1.165, 1.54) is 56.1 Å². The Hall–Kier alpha value is -0.890. The second-order valence-corrected chi connectivity index (χ2v) is 11.5. The van der Waals surface area contributed by atoms with E-state index in [1.54, 1.807) is 0 Å². The van der Waals surface area contributed by atoms with Gasteiger partial charge in [-0.25, -0.2) is 0 Å². The summed E-state index contributed by atoms with van der Waals surface area (Å²) in [7, 11) is 0. The monoisotopic (exact) mass is 386 g/mol. The fourth-order valence-corrected chi connectivity index (χ4v) is 6.66. The molecule has 0 heterocycles. The van der Waals surface area contributed by atoms with Crippen molar-refractivity contribution in [1.82, 2.24) is 0 Å². The zero-order valence-electron chi connectivity index (χ0n) is 19.2. The maximum Gasteiger partial charge on any atom is 0.142 e. The molecule has 4 aliphatic rings. The molecule has 3 atom stereocenters. The number of hydrogen-bond acceptors (Lipinski definition) is 2. The van der Waals surface area contributed by atoms with Crippen LogP contribution in [-0.2, 0) is 4.79 Å². The Bertz CT molecular complexity index is 681. The highest BCUT2D eigenvalue weighted by molar-refractivity contribution is 5.88. The van der Waals surface area contributed by atoms with Crippen LogP contribution >= 0.6 is 0 Å². The molecule has 1 N–H and O–H groups in total. The molecule has 0 radical (unpaired) electrons. The molecule has 0 aliphatic heterocycles. The van der Waals surface area contributed by atoms with Crippen molar-refractivity contribution in [1.29, 1.82) is 0 Å². The number of carbonyl (C=O) groups is 1. The third-order valence-corrected chi connectivity index (χ3v) is 8.63. The topological polar surface area (TPSA) is 37.3 Å². The van der Waals surface area contributed by atoms with Gasteiger partial charge in [0.25, 0.3) is 0 Å². The molecule has 0 aromatic heterocycles. The number of ketones is 1. The van der Waals surface area contributed by atoms with Crippen molar-refractivity contribution in [2.24, 2.45) is 21.7 Å². The third kappa shape index (κ3) is 3.66. The highest BCUT2D eigenvalue weighted by Gasteiger charge is 2.47. The van der Waals surface area contributed by atoms with E-state index in [0.29, 0.717) is 16.6 Å². The summed E-state index contributed by atoms with van der Waals surface area (Å²) in [4.78, 5) is 11.9. The maximum absolute atomic E-state index is 11.9. The molecule has 2 saturated carbocycles. The molecule has 2 heteroatoms. The lowest BCUT2D eigenvalue weighted by Gasteiger charge is -2.50. The van der Waals surface area contributed by atoms with Crippen molar-refractivity contribution in [2.75, 3.05) is 0 Å². The number of allylic oxidation sites excluding steroid dienone is 3. The summed E-state index contributed by atoms with van der Waals surface area (Å²) >= 11 is 0. The normalized spacial score (nSPS) is 38.8. The van der Waals surface area contributed by atoms with Gasteiger partial charge in [-0.05, 0) is 82.5 Å². The summed E-state index contributed by atoms with van der Waals surface area (Å²) in [6, 6.07) is 0. The second kappa shape index (κ2) is 7.42. The number of aliphatic hydroxyl groups excluding tert-OH is 1. The van der Waals surface area contributed by atoms with Crippen LogP contribution in [0.4, 0.5) is 0 Å². The molecule has 28 heavy (non-hydrogen) atoms. The zero-order chi connectivity index (χ0) is 20.8. The van der Waals surface area contributed by atoms with Gasteiger partial charge in [-0.15, -0.1) is 0 Å². The molecule has 4 aliphatic carbocycles. The molecule has 158 valence electrons. The highest BCUT2D eigenvalue weighted by atomic mass is 16.3. The first-order chi connectivity index (χ1) is 12.9. The fraction of sp³-hybridized carbons (Fsp3) is 0.808. The van der Waals surface area contributed by atoms with Gasteiger partial charge in [-0.1, -0.05) is 51.0 Å². The molecule has 0 unspecified atom stereocenters. The molecular weight excluding hydrogens is 344 g/mol. The summed E-state index contributed by atoms with van der Waals surface area (Å²) in [5, 5.41) is 10.0. The maximum atomic E-state index is 11.9. The Morgan fingerprint density at radius 3 is 1.96 bits per heavy atom. The van der Waals surface area contributed by atoms with Crippen molar-refractivity contribution in [3.63, 3.8) is 0 Å². The lowest BCUT2D eigenvalue weighted by atomic mass is 9.56. The first kappa shape index (κ1) is 21.8. The van der Waals surface area contributed by atoms with E-state index in [-0.39, 0.29) is 16.9 Å². The van der Waals surface area contributed by atoms with Crippen molar-refractivity contribution in [3.8, 4) is 0 Å². The summed E-state index contributed by atoms with van der Waals surface area (Å²) in [5.74, 6) is 0.433. The van der Waals surface area contributed by atoms with E-state index >= 15 is 0 Å². The van der Waals surface area contributed by atoms with Gasteiger partial charge in [0.15, 0.2) is 0 Å². The number of hydrogen-bond donors (Lipinski definition) is 1. The number of Topliss-reactive ketones (excluding diaryl/α,β-unsaturated/α-hetero) is 1. The second-order valence-electron chi connectivity index (χ2n) is 11.5. The van der Waals surface area contributed by atoms with Crippen LogP contribution in [0.5, 0.6) is 0 Å². The smallest absolute Gasteiger partial charge is 0.142 e. The summed E-state index contributed by atoms with van der Waals surface area (Å²) in [6.07, 6.45) is 16.2. The van der Waals surface area contributed by atoms with Crippen LogP contribution in [0, 0.1) is 21.7 Å². The minimum absolute atomic E-state index is 0.00736. The Labute approximate surface area is 172 Å².